The molecule has 0 saturated carbocycles. The highest BCUT2D eigenvalue weighted by atomic mass is 79.9. The Hall–Kier alpha value is -1.36. The van der Waals surface area contributed by atoms with Crippen molar-refractivity contribution in [2.24, 2.45) is 5.41 Å². The van der Waals surface area contributed by atoms with Gasteiger partial charge in [0.25, 0.3) is 5.91 Å². The van der Waals surface area contributed by atoms with Gasteiger partial charge in [-0.3, -0.25) is 9.59 Å². The molecular formula is C15H18BrNO3. The molecule has 1 atom stereocenters. The van der Waals surface area contributed by atoms with Crippen molar-refractivity contribution in [1.82, 2.24) is 4.90 Å². The average molecular weight is 340 g/mol. The number of benzene rings is 1. The van der Waals surface area contributed by atoms with Crippen LogP contribution in [0.3, 0.4) is 0 Å². The lowest BCUT2D eigenvalue weighted by Gasteiger charge is -2.39. The molecule has 0 radical (unpaired) electrons. The molecule has 1 saturated heterocycles. The molecule has 1 heterocycles. The Labute approximate surface area is 126 Å². The molecule has 0 aromatic heterocycles. The van der Waals surface area contributed by atoms with Gasteiger partial charge in [-0.1, -0.05) is 22.9 Å². The first-order valence-corrected chi connectivity index (χ1v) is 7.56. The predicted octanol–water partition coefficient (Wildman–Crippen LogP) is 3.17. The van der Waals surface area contributed by atoms with Crippen LogP contribution in [0.2, 0.25) is 0 Å². The number of carboxylic acids is 1. The molecule has 108 valence electrons. The molecule has 1 unspecified atom stereocenters. The minimum absolute atomic E-state index is 0.0868. The van der Waals surface area contributed by atoms with Gasteiger partial charge in [-0.25, -0.2) is 0 Å². The van der Waals surface area contributed by atoms with Crippen LogP contribution in [0.1, 0.15) is 36.5 Å². The van der Waals surface area contributed by atoms with Crippen LogP contribution >= 0.6 is 15.9 Å². The Balaban J connectivity index is 2.18. The van der Waals surface area contributed by atoms with Gasteiger partial charge in [-0.15, -0.1) is 0 Å². The molecule has 20 heavy (non-hydrogen) atoms. The monoisotopic (exact) mass is 339 g/mol. The number of rotatable bonds is 3. The largest absolute Gasteiger partial charge is 0.481 e. The van der Waals surface area contributed by atoms with E-state index in [0.29, 0.717) is 31.5 Å². The molecule has 5 heteroatoms. The SMILES string of the molecule is CCC1(C(=O)O)CCCN(C(=O)c2ccc(Br)cc2)C1. The predicted molar refractivity (Wildman–Crippen MR) is 79.6 cm³/mol. The highest BCUT2D eigenvalue weighted by Crippen LogP contribution is 2.34. The van der Waals surface area contributed by atoms with E-state index < -0.39 is 11.4 Å². The third-order valence-corrected chi connectivity index (χ3v) is 4.61. The molecule has 2 rings (SSSR count). The van der Waals surface area contributed by atoms with E-state index in [1.807, 2.05) is 19.1 Å². The van der Waals surface area contributed by atoms with Crippen LogP contribution in [-0.2, 0) is 4.79 Å². The summed E-state index contributed by atoms with van der Waals surface area (Å²) >= 11 is 3.34. The lowest BCUT2D eigenvalue weighted by Crippen LogP contribution is -2.49. The van der Waals surface area contributed by atoms with Gasteiger partial charge in [0.1, 0.15) is 0 Å². The zero-order chi connectivity index (χ0) is 14.8. The summed E-state index contributed by atoms with van der Waals surface area (Å²) in [4.78, 5) is 25.6. The lowest BCUT2D eigenvalue weighted by molar-refractivity contribution is -0.152. The second-order valence-electron chi connectivity index (χ2n) is 5.28. The molecule has 1 aliphatic heterocycles. The second-order valence-corrected chi connectivity index (χ2v) is 6.19. The second kappa shape index (κ2) is 5.95. The summed E-state index contributed by atoms with van der Waals surface area (Å²) in [5.41, 5.74) is -0.186. The first-order valence-electron chi connectivity index (χ1n) is 6.77. The molecular weight excluding hydrogens is 322 g/mol. The first-order chi connectivity index (χ1) is 9.48. The van der Waals surface area contributed by atoms with Gasteiger partial charge in [0.15, 0.2) is 0 Å². The van der Waals surface area contributed by atoms with Gasteiger partial charge >= 0.3 is 5.97 Å². The summed E-state index contributed by atoms with van der Waals surface area (Å²) < 4.78 is 0.918. The number of likely N-dealkylation sites (tertiary alicyclic amines) is 1. The van der Waals surface area contributed by atoms with E-state index >= 15 is 0 Å². The number of nitrogens with zero attached hydrogens (tertiary/aromatic N) is 1. The van der Waals surface area contributed by atoms with Crippen molar-refractivity contribution in [3.05, 3.63) is 34.3 Å². The third kappa shape index (κ3) is 2.87. The van der Waals surface area contributed by atoms with Crippen LogP contribution < -0.4 is 0 Å². The van der Waals surface area contributed by atoms with Crippen LogP contribution in [-0.4, -0.2) is 35.0 Å². The Morgan fingerprint density at radius 2 is 2.00 bits per heavy atom. The topological polar surface area (TPSA) is 57.6 Å². The van der Waals surface area contributed by atoms with Gasteiger partial charge in [-0.2, -0.15) is 0 Å². The average Bonchev–Trinajstić information content (AvgIpc) is 2.47. The highest BCUT2D eigenvalue weighted by molar-refractivity contribution is 9.10. The quantitative estimate of drug-likeness (QED) is 0.920. The maximum atomic E-state index is 12.5. The van der Waals surface area contributed by atoms with Crippen molar-refractivity contribution in [1.29, 1.82) is 0 Å². The molecule has 0 spiro atoms. The van der Waals surface area contributed by atoms with Gasteiger partial charge in [0, 0.05) is 23.1 Å². The normalized spacial score (nSPS) is 22.6. The fourth-order valence-electron chi connectivity index (χ4n) is 2.69. The van der Waals surface area contributed by atoms with Crippen molar-refractivity contribution in [3.63, 3.8) is 0 Å². The fraction of sp³-hybridized carbons (Fsp3) is 0.467. The van der Waals surface area contributed by atoms with Gasteiger partial charge < -0.3 is 10.0 Å². The van der Waals surface area contributed by atoms with Gasteiger partial charge in [0.2, 0.25) is 0 Å². The third-order valence-electron chi connectivity index (χ3n) is 4.09. The number of hydrogen-bond donors (Lipinski definition) is 1. The van der Waals surface area contributed by atoms with E-state index in [2.05, 4.69) is 15.9 Å². The minimum atomic E-state index is -0.798. The molecule has 0 bridgehead atoms. The van der Waals surface area contributed by atoms with Crippen molar-refractivity contribution in [2.45, 2.75) is 26.2 Å². The summed E-state index contributed by atoms with van der Waals surface area (Å²) in [7, 11) is 0. The molecule has 1 fully saturated rings. The van der Waals surface area contributed by atoms with Crippen molar-refractivity contribution in [2.75, 3.05) is 13.1 Å². The van der Waals surface area contributed by atoms with Crippen LogP contribution in [0.5, 0.6) is 0 Å². The summed E-state index contributed by atoms with van der Waals surface area (Å²) in [5.74, 6) is -0.885. The number of hydrogen-bond acceptors (Lipinski definition) is 2. The number of carboxylic acid groups (broad SMARTS) is 1. The highest BCUT2D eigenvalue weighted by Gasteiger charge is 2.42. The number of piperidine rings is 1. The maximum absolute atomic E-state index is 12.5. The van der Waals surface area contributed by atoms with Crippen molar-refractivity contribution >= 4 is 27.8 Å². The molecule has 0 aliphatic carbocycles. The summed E-state index contributed by atoms with van der Waals surface area (Å²) in [5, 5.41) is 9.45. The van der Waals surface area contributed by atoms with E-state index in [9.17, 15) is 14.7 Å². The molecule has 4 nitrogen and oxygen atoms in total. The summed E-state index contributed by atoms with van der Waals surface area (Å²) in [6.07, 6.45) is 1.93. The number of amides is 1. The van der Waals surface area contributed by atoms with Crippen LogP contribution in [0.15, 0.2) is 28.7 Å². The van der Waals surface area contributed by atoms with Gasteiger partial charge in [0.05, 0.1) is 5.41 Å². The van der Waals surface area contributed by atoms with Crippen molar-refractivity contribution < 1.29 is 14.7 Å². The van der Waals surface area contributed by atoms with E-state index in [0.717, 1.165) is 10.9 Å². The Morgan fingerprint density at radius 3 is 2.55 bits per heavy atom. The maximum Gasteiger partial charge on any atom is 0.311 e. The first kappa shape index (κ1) is 15.0. The Morgan fingerprint density at radius 1 is 1.35 bits per heavy atom. The molecule has 1 amide bonds. The molecule has 1 N–H and O–H groups in total. The Kier molecular flexibility index (Phi) is 4.48. The smallest absolute Gasteiger partial charge is 0.311 e. The Bertz CT molecular complexity index is 514. The van der Waals surface area contributed by atoms with E-state index in [1.165, 1.54) is 0 Å². The van der Waals surface area contributed by atoms with Crippen LogP contribution in [0, 0.1) is 5.41 Å². The number of halogens is 1. The summed E-state index contributed by atoms with van der Waals surface area (Å²) in [6.45, 7) is 2.80. The minimum Gasteiger partial charge on any atom is -0.481 e. The van der Waals surface area contributed by atoms with E-state index in [4.69, 9.17) is 0 Å². The van der Waals surface area contributed by atoms with Gasteiger partial charge in [-0.05, 0) is 43.5 Å². The molecule has 1 aromatic carbocycles. The zero-order valence-corrected chi connectivity index (χ0v) is 13.0. The number of carbonyl (C=O) groups is 2. The van der Waals surface area contributed by atoms with Crippen LogP contribution in [0.25, 0.3) is 0 Å². The lowest BCUT2D eigenvalue weighted by atomic mass is 9.77. The van der Waals surface area contributed by atoms with E-state index in [-0.39, 0.29) is 5.91 Å². The number of aliphatic carboxylic acids is 1. The van der Waals surface area contributed by atoms with E-state index in [1.54, 1.807) is 17.0 Å². The van der Waals surface area contributed by atoms with Crippen LogP contribution in [0.4, 0.5) is 0 Å². The van der Waals surface area contributed by atoms with Crippen molar-refractivity contribution in [3.8, 4) is 0 Å². The summed E-state index contributed by atoms with van der Waals surface area (Å²) in [6, 6.07) is 7.16. The molecule has 1 aliphatic rings. The molecule has 1 aromatic rings. The standard InChI is InChI=1S/C15H18BrNO3/c1-2-15(14(19)20)8-3-9-17(10-15)13(18)11-4-6-12(16)7-5-11/h4-7H,2-3,8-10H2,1H3,(H,19,20). The fourth-order valence-corrected chi connectivity index (χ4v) is 2.96. The number of carbonyl (C=O) groups excluding carboxylic acids is 1. The zero-order valence-electron chi connectivity index (χ0n) is 11.4.